The lowest BCUT2D eigenvalue weighted by Crippen LogP contribution is -2.58. The molecular formula is C24H27FN4O3. The van der Waals surface area contributed by atoms with Gasteiger partial charge in [0.05, 0.1) is 17.3 Å². The van der Waals surface area contributed by atoms with Crippen molar-refractivity contribution in [2.45, 2.75) is 50.6 Å². The molecule has 5 rings (SSSR count). The molecule has 3 aliphatic rings. The lowest BCUT2D eigenvalue weighted by Gasteiger charge is -2.48. The topological polar surface area (TPSA) is 89.6 Å². The molecule has 0 atom stereocenters. The van der Waals surface area contributed by atoms with Gasteiger partial charge in [-0.05, 0) is 51.3 Å². The molecule has 1 N–H and O–H groups in total. The number of aromatic nitrogens is 1. The summed E-state index contributed by atoms with van der Waals surface area (Å²) >= 11 is 0. The second-order valence-electron chi connectivity index (χ2n) is 9.58. The summed E-state index contributed by atoms with van der Waals surface area (Å²) in [5, 5.41) is 18.5. The molecule has 1 aromatic heterocycles. The molecule has 2 aliphatic carbocycles. The lowest BCUT2D eigenvalue weighted by atomic mass is 9.86. The van der Waals surface area contributed by atoms with Crippen molar-refractivity contribution in [1.29, 1.82) is 5.26 Å². The van der Waals surface area contributed by atoms with Crippen molar-refractivity contribution >= 4 is 22.6 Å². The quantitative estimate of drug-likeness (QED) is 0.714. The highest BCUT2D eigenvalue weighted by molar-refractivity contribution is 5.95. The molecule has 1 aromatic carbocycles. The van der Waals surface area contributed by atoms with Crippen LogP contribution in [0.25, 0.3) is 10.9 Å². The van der Waals surface area contributed by atoms with E-state index in [1.165, 1.54) is 12.3 Å². The predicted octanol–water partition coefficient (Wildman–Crippen LogP) is 3.30. The van der Waals surface area contributed by atoms with Crippen molar-refractivity contribution in [2.75, 3.05) is 31.6 Å². The van der Waals surface area contributed by atoms with Crippen LogP contribution in [0.15, 0.2) is 17.1 Å². The van der Waals surface area contributed by atoms with E-state index in [1.54, 1.807) is 0 Å². The Hall–Kier alpha value is -2.92. The Balaban J connectivity index is 1.50. The number of carbonyl (C=O) groups is 1. The summed E-state index contributed by atoms with van der Waals surface area (Å²) in [6.45, 7) is 4.05. The number of carboxylic acid groups (broad SMARTS) is 1. The summed E-state index contributed by atoms with van der Waals surface area (Å²) in [5.74, 6) is -1.34. The van der Waals surface area contributed by atoms with E-state index >= 15 is 4.39 Å². The van der Waals surface area contributed by atoms with E-state index in [0.29, 0.717) is 29.1 Å². The molecule has 32 heavy (non-hydrogen) atoms. The molecule has 7 nitrogen and oxygen atoms in total. The van der Waals surface area contributed by atoms with Crippen molar-refractivity contribution in [3.8, 4) is 6.07 Å². The van der Waals surface area contributed by atoms with Crippen LogP contribution in [-0.2, 0) is 0 Å². The largest absolute Gasteiger partial charge is 0.477 e. The molecule has 0 spiro atoms. The highest BCUT2D eigenvalue weighted by Crippen LogP contribution is 2.52. The molecule has 2 saturated carbocycles. The number of carboxylic acids is 1. The Labute approximate surface area is 185 Å². The summed E-state index contributed by atoms with van der Waals surface area (Å²) in [5.41, 5.74) is 1.03. The van der Waals surface area contributed by atoms with Crippen LogP contribution in [0, 0.1) is 30.0 Å². The average Bonchev–Trinajstić information content (AvgIpc) is 3.62. The van der Waals surface area contributed by atoms with Gasteiger partial charge in [0.1, 0.15) is 11.4 Å². The van der Waals surface area contributed by atoms with Crippen LogP contribution < -0.4 is 10.3 Å². The molecule has 0 amide bonds. The lowest BCUT2D eigenvalue weighted by molar-refractivity contribution is 0.0695. The summed E-state index contributed by atoms with van der Waals surface area (Å²) in [4.78, 5) is 28.7. The van der Waals surface area contributed by atoms with Crippen LogP contribution in [0.5, 0.6) is 0 Å². The van der Waals surface area contributed by atoms with E-state index in [4.69, 9.17) is 5.26 Å². The highest BCUT2D eigenvalue weighted by atomic mass is 19.1. The molecule has 2 aromatic rings. The standard InChI is InChI=1S/C24H27FN4O3/c1-14-20-17(22(30)18(23(31)32)13-29(20)16-4-5-16)10-19(25)21(14)28-11-15(12-28)24(6-7-24)27(2)9-3-8-26/h10,13,15-16H,3-7,9,11-12H2,1-2H3,(H,31,32). The Morgan fingerprint density at radius 3 is 2.62 bits per heavy atom. The maximum absolute atomic E-state index is 15.3. The number of nitriles is 1. The monoisotopic (exact) mass is 438 g/mol. The third-order valence-corrected chi connectivity index (χ3v) is 7.69. The van der Waals surface area contributed by atoms with Gasteiger partial charge in [0.15, 0.2) is 0 Å². The second-order valence-corrected chi connectivity index (χ2v) is 9.58. The number of aryl methyl sites for hydroxylation is 1. The van der Waals surface area contributed by atoms with Gasteiger partial charge in [-0.1, -0.05) is 0 Å². The number of rotatable bonds is 7. The first-order valence-corrected chi connectivity index (χ1v) is 11.2. The summed E-state index contributed by atoms with van der Waals surface area (Å²) in [6, 6.07) is 3.59. The zero-order valence-corrected chi connectivity index (χ0v) is 18.4. The van der Waals surface area contributed by atoms with E-state index in [9.17, 15) is 14.7 Å². The molecule has 0 unspecified atom stereocenters. The number of anilines is 1. The first-order chi connectivity index (χ1) is 15.3. The van der Waals surface area contributed by atoms with Crippen LogP contribution >= 0.6 is 0 Å². The SMILES string of the molecule is Cc1c(N2CC(C3(N(C)CCC#N)CC3)C2)c(F)cc2c(=O)c(C(=O)O)cn(C3CC3)c12. The van der Waals surface area contributed by atoms with Gasteiger partial charge in [-0.15, -0.1) is 0 Å². The molecule has 1 aliphatic heterocycles. The number of aromatic carboxylic acids is 1. The number of halogens is 1. The Morgan fingerprint density at radius 2 is 2.06 bits per heavy atom. The van der Waals surface area contributed by atoms with E-state index in [0.717, 1.165) is 45.3 Å². The minimum atomic E-state index is -1.28. The minimum Gasteiger partial charge on any atom is -0.477 e. The van der Waals surface area contributed by atoms with E-state index < -0.39 is 17.2 Å². The third kappa shape index (κ3) is 3.10. The number of hydrogen-bond donors (Lipinski definition) is 1. The van der Waals surface area contributed by atoms with Gasteiger partial charge in [0.25, 0.3) is 0 Å². The average molecular weight is 439 g/mol. The first kappa shape index (κ1) is 21.0. The van der Waals surface area contributed by atoms with E-state index in [-0.39, 0.29) is 22.5 Å². The van der Waals surface area contributed by atoms with E-state index in [1.807, 2.05) is 16.4 Å². The molecule has 168 valence electrons. The summed E-state index contributed by atoms with van der Waals surface area (Å²) in [6.07, 6.45) is 5.99. The van der Waals surface area contributed by atoms with Gasteiger partial charge in [-0.2, -0.15) is 5.26 Å². The third-order valence-electron chi connectivity index (χ3n) is 7.69. The fourth-order valence-electron chi connectivity index (χ4n) is 5.52. The van der Waals surface area contributed by atoms with Crippen LogP contribution in [0.3, 0.4) is 0 Å². The Morgan fingerprint density at radius 1 is 1.38 bits per heavy atom. The van der Waals surface area contributed by atoms with Gasteiger partial charge < -0.3 is 14.6 Å². The molecule has 2 heterocycles. The van der Waals surface area contributed by atoms with Gasteiger partial charge in [-0.3, -0.25) is 9.69 Å². The zero-order chi connectivity index (χ0) is 22.8. The van der Waals surface area contributed by atoms with E-state index in [2.05, 4.69) is 18.0 Å². The Kier molecular flexibility index (Phi) is 4.79. The maximum Gasteiger partial charge on any atom is 0.341 e. The maximum atomic E-state index is 15.3. The molecule has 0 radical (unpaired) electrons. The van der Waals surface area contributed by atoms with Crippen LogP contribution in [0.1, 0.15) is 54.1 Å². The summed E-state index contributed by atoms with van der Waals surface area (Å²) < 4.78 is 17.2. The van der Waals surface area contributed by atoms with Crippen LogP contribution in [0.2, 0.25) is 0 Å². The van der Waals surface area contributed by atoms with Gasteiger partial charge >= 0.3 is 5.97 Å². The van der Waals surface area contributed by atoms with Gasteiger partial charge in [0.2, 0.25) is 5.43 Å². The molecular weight excluding hydrogens is 411 g/mol. The minimum absolute atomic E-state index is 0.112. The zero-order valence-electron chi connectivity index (χ0n) is 18.4. The van der Waals surface area contributed by atoms with Crippen molar-refractivity contribution < 1.29 is 14.3 Å². The highest BCUT2D eigenvalue weighted by Gasteiger charge is 2.56. The number of fused-ring (bicyclic) bond motifs is 1. The van der Waals surface area contributed by atoms with Crippen LogP contribution in [-0.4, -0.2) is 52.8 Å². The van der Waals surface area contributed by atoms with Crippen LogP contribution in [0.4, 0.5) is 10.1 Å². The summed E-state index contributed by atoms with van der Waals surface area (Å²) in [7, 11) is 2.07. The number of pyridine rings is 1. The van der Waals surface area contributed by atoms with Crippen molar-refractivity contribution in [3.05, 3.63) is 39.4 Å². The van der Waals surface area contributed by atoms with Crippen molar-refractivity contribution in [3.63, 3.8) is 0 Å². The molecule has 3 fully saturated rings. The van der Waals surface area contributed by atoms with Gasteiger partial charge in [-0.25, -0.2) is 9.18 Å². The van der Waals surface area contributed by atoms with Gasteiger partial charge in [0, 0.05) is 55.1 Å². The van der Waals surface area contributed by atoms with Crippen molar-refractivity contribution in [2.24, 2.45) is 5.92 Å². The molecule has 0 bridgehead atoms. The Bertz CT molecular complexity index is 1220. The number of benzene rings is 1. The predicted molar refractivity (Wildman–Crippen MR) is 119 cm³/mol. The first-order valence-electron chi connectivity index (χ1n) is 11.2. The smallest absolute Gasteiger partial charge is 0.341 e. The fourth-order valence-corrected chi connectivity index (χ4v) is 5.52. The molecule has 1 saturated heterocycles. The number of hydrogen-bond acceptors (Lipinski definition) is 5. The number of nitrogens with zero attached hydrogens (tertiary/aromatic N) is 4. The molecule has 8 heteroatoms. The van der Waals surface area contributed by atoms with Crippen molar-refractivity contribution in [1.82, 2.24) is 9.47 Å². The fraction of sp³-hybridized carbons (Fsp3) is 0.542. The second kappa shape index (κ2) is 7.31. The normalized spacial score (nSPS) is 19.8.